The van der Waals surface area contributed by atoms with E-state index in [1.165, 1.54) is 24.0 Å². The number of aryl methyl sites for hydroxylation is 1. The molecule has 2 heteroatoms. The molecule has 15 heavy (non-hydrogen) atoms. The molecule has 1 heterocycles. The van der Waals surface area contributed by atoms with Gasteiger partial charge in [-0.25, -0.2) is 0 Å². The van der Waals surface area contributed by atoms with Crippen LogP contribution in [0.1, 0.15) is 50.8 Å². The van der Waals surface area contributed by atoms with Gasteiger partial charge in [-0.15, -0.1) is 0 Å². The Morgan fingerprint density at radius 1 is 1.33 bits per heavy atom. The zero-order valence-corrected chi connectivity index (χ0v) is 11.2. The molecule has 1 aromatic heterocycles. The van der Waals surface area contributed by atoms with E-state index in [-0.39, 0.29) is 0 Å². The lowest BCUT2D eigenvalue weighted by Gasteiger charge is -2.20. The summed E-state index contributed by atoms with van der Waals surface area (Å²) in [6.07, 6.45) is 2.44. The van der Waals surface area contributed by atoms with Crippen molar-refractivity contribution < 1.29 is 0 Å². The Labute approximate surface area is 97.9 Å². The first-order chi connectivity index (χ1) is 7.15. The Kier molecular flexibility index (Phi) is 5.34. The second kappa shape index (κ2) is 6.29. The molecule has 0 aliphatic carbocycles. The van der Waals surface area contributed by atoms with Crippen LogP contribution in [0.2, 0.25) is 0 Å². The Balaban J connectivity index is 2.67. The summed E-state index contributed by atoms with van der Waals surface area (Å²) in [5.74, 6) is 0.749. The summed E-state index contributed by atoms with van der Waals surface area (Å²) in [5, 5.41) is 8.19. The third-order valence-corrected chi connectivity index (χ3v) is 3.50. The highest BCUT2D eigenvalue weighted by atomic mass is 32.1. The first-order valence-electron chi connectivity index (χ1n) is 5.91. The van der Waals surface area contributed by atoms with Gasteiger partial charge >= 0.3 is 0 Å². The van der Waals surface area contributed by atoms with Crippen LogP contribution in [0.4, 0.5) is 0 Å². The lowest BCUT2D eigenvalue weighted by Crippen LogP contribution is -2.23. The van der Waals surface area contributed by atoms with E-state index in [4.69, 9.17) is 0 Å². The van der Waals surface area contributed by atoms with E-state index >= 15 is 0 Å². The molecule has 1 atom stereocenters. The molecule has 0 aliphatic heterocycles. The normalized spacial score (nSPS) is 13.4. The number of thiophene rings is 1. The van der Waals surface area contributed by atoms with E-state index in [1.807, 2.05) is 11.3 Å². The highest BCUT2D eigenvalue weighted by molar-refractivity contribution is 7.08. The van der Waals surface area contributed by atoms with Crippen molar-refractivity contribution in [2.75, 3.05) is 6.54 Å². The van der Waals surface area contributed by atoms with Gasteiger partial charge in [-0.05, 0) is 54.1 Å². The smallest absolute Gasteiger partial charge is 0.0333 e. The summed E-state index contributed by atoms with van der Waals surface area (Å²) < 4.78 is 0. The van der Waals surface area contributed by atoms with Crippen molar-refractivity contribution in [3.8, 4) is 0 Å². The summed E-state index contributed by atoms with van der Waals surface area (Å²) in [6.45, 7) is 10.1. The molecule has 0 aromatic carbocycles. The van der Waals surface area contributed by atoms with E-state index in [0.717, 1.165) is 12.5 Å². The second-order valence-corrected chi connectivity index (χ2v) is 5.39. The number of hydrogen-bond acceptors (Lipinski definition) is 2. The first kappa shape index (κ1) is 12.7. The average molecular weight is 225 g/mol. The predicted molar refractivity (Wildman–Crippen MR) is 69.5 cm³/mol. The van der Waals surface area contributed by atoms with Crippen LogP contribution in [0.25, 0.3) is 0 Å². The lowest BCUT2D eigenvalue weighted by molar-refractivity contribution is 0.430. The van der Waals surface area contributed by atoms with Crippen molar-refractivity contribution in [3.05, 3.63) is 21.9 Å². The predicted octanol–water partition coefficient (Wildman–Crippen LogP) is 4.14. The molecule has 1 N–H and O–H groups in total. The van der Waals surface area contributed by atoms with Gasteiger partial charge < -0.3 is 5.32 Å². The molecule has 1 aromatic rings. The third-order valence-electron chi connectivity index (χ3n) is 2.62. The van der Waals surface area contributed by atoms with Crippen molar-refractivity contribution in [2.24, 2.45) is 5.92 Å². The topological polar surface area (TPSA) is 12.0 Å². The fourth-order valence-electron chi connectivity index (χ4n) is 1.84. The fourth-order valence-corrected chi connectivity index (χ4v) is 2.74. The monoisotopic (exact) mass is 225 g/mol. The first-order valence-corrected chi connectivity index (χ1v) is 6.85. The van der Waals surface area contributed by atoms with Crippen LogP contribution >= 0.6 is 11.3 Å². The van der Waals surface area contributed by atoms with Crippen LogP contribution in [0.15, 0.2) is 10.8 Å². The Hall–Kier alpha value is -0.340. The summed E-state index contributed by atoms with van der Waals surface area (Å²) in [4.78, 5) is 0. The van der Waals surface area contributed by atoms with Gasteiger partial charge in [0, 0.05) is 6.04 Å². The molecule has 0 fully saturated rings. The van der Waals surface area contributed by atoms with Gasteiger partial charge in [0.05, 0.1) is 0 Å². The highest BCUT2D eigenvalue weighted by Gasteiger charge is 2.14. The highest BCUT2D eigenvalue weighted by Crippen LogP contribution is 2.26. The van der Waals surface area contributed by atoms with E-state index in [2.05, 4.69) is 43.8 Å². The van der Waals surface area contributed by atoms with Gasteiger partial charge in [0.1, 0.15) is 0 Å². The van der Waals surface area contributed by atoms with Gasteiger partial charge in [0.15, 0.2) is 0 Å². The maximum absolute atomic E-state index is 3.65. The molecule has 0 bridgehead atoms. The fraction of sp³-hybridized carbons (Fsp3) is 0.692. The standard InChI is InChI=1S/C13H23NS/c1-5-6-14-13(7-10(2)3)12-9-15-8-11(12)4/h8-10,13-14H,5-7H2,1-4H3. The maximum atomic E-state index is 3.65. The number of rotatable bonds is 6. The molecular weight excluding hydrogens is 202 g/mol. The summed E-state index contributed by atoms with van der Waals surface area (Å²) in [6, 6.07) is 0.552. The molecule has 0 spiro atoms. The SMILES string of the molecule is CCCNC(CC(C)C)c1cscc1C. The molecule has 86 valence electrons. The second-order valence-electron chi connectivity index (χ2n) is 4.65. The van der Waals surface area contributed by atoms with Gasteiger partial charge in [-0.3, -0.25) is 0 Å². The van der Waals surface area contributed by atoms with Crippen molar-refractivity contribution in [3.63, 3.8) is 0 Å². The molecule has 1 rings (SSSR count). The van der Waals surface area contributed by atoms with Crippen molar-refractivity contribution in [2.45, 2.75) is 46.6 Å². The molecule has 1 nitrogen and oxygen atoms in total. The van der Waals surface area contributed by atoms with E-state index in [9.17, 15) is 0 Å². The molecule has 0 radical (unpaired) electrons. The van der Waals surface area contributed by atoms with Gasteiger partial charge in [-0.2, -0.15) is 11.3 Å². The van der Waals surface area contributed by atoms with Crippen LogP contribution in [0.3, 0.4) is 0 Å². The van der Waals surface area contributed by atoms with E-state index in [0.29, 0.717) is 6.04 Å². The van der Waals surface area contributed by atoms with Crippen LogP contribution < -0.4 is 5.32 Å². The molecule has 0 saturated heterocycles. The minimum atomic E-state index is 0.552. The van der Waals surface area contributed by atoms with Gasteiger partial charge in [0.2, 0.25) is 0 Å². The average Bonchev–Trinajstić information content (AvgIpc) is 2.58. The van der Waals surface area contributed by atoms with Crippen LogP contribution in [-0.2, 0) is 0 Å². The van der Waals surface area contributed by atoms with Crippen molar-refractivity contribution in [1.82, 2.24) is 5.32 Å². The number of hydrogen-bond donors (Lipinski definition) is 1. The Morgan fingerprint density at radius 3 is 2.53 bits per heavy atom. The van der Waals surface area contributed by atoms with Crippen LogP contribution in [0, 0.1) is 12.8 Å². The zero-order valence-electron chi connectivity index (χ0n) is 10.3. The zero-order chi connectivity index (χ0) is 11.3. The Morgan fingerprint density at radius 2 is 2.07 bits per heavy atom. The maximum Gasteiger partial charge on any atom is 0.0333 e. The Bertz CT molecular complexity index is 278. The van der Waals surface area contributed by atoms with Crippen molar-refractivity contribution >= 4 is 11.3 Å². The van der Waals surface area contributed by atoms with Crippen LogP contribution in [0.5, 0.6) is 0 Å². The molecule has 1 unspecified atom stereocenters. The van der Waals surface area contributed by atoms with E-state index < -0.39 is 0 Å². The molecule has 0 aliphatic rings. The molecule has 0 saturated carbocycles. The van der Waals surface area contributed by atoms with Gasteiger partial charge in [0.25, 0.3) is 0 Å². The molecule has 0 amide bonds. The molecular formula is C13H23NS. The minimum Gasteiger partial charge on any atom is -0.310 e. The third kappa shape index (κ3) is 3.96. The number of nitrogens with one attached hydrogen (secondary N) is 1. The van der Waals surface area contributed by atoms with Crippen LogP contribution in [-0.4, -0.2) is 6.54 Å². The summed E-state index contributed by atoms with van der Waals surface area (Å²) >= 11 is 1.82. The minimum absolute atomic E-state index is 0.552. The quantitative estimate of drug-likeness (QED) is 0.767. The lowest BCUT2D eigenvalue weighted by atomic mass is 9.97. The van der Waals surface area contributed by atoms with E-state index in [1.54, 1.807) is 0 Å². The van der Waals surface area contributed by atoms with Gasteiger partial charge in [-0.1, -0.05) is 20.8 Å². The summed E-state index contributed by atoms with van der Waals surface area (Å²) in [7, 11) is 0. The van der Waals surface area contributed by atoms with Crippen molar-refractivity contribution in [1.29, 1.82) is 0 Å². The largest absolute Gasteiger partial charge is 0.310 e. The summed E-state index contributed by atoms with van der Waals surface area (Å²) in [5.41, 5.74) is 2.94.